The molecule has 156 valence electrons. The van der Waals surface area contributed by atoms with E-state index in [0.29, 0.717) is 38.5 Å². The molecule has 0 aliphatic carbocycles. The van der Waals surface area contributed by atoms with Gasteiger partial charge in [0.05, 0.1) is 18.8 Å². The quantitative estimate of drug-likeness (QED) is 0.701. The minimum atomic E-state index is -0.462. The molecule has 1 aromatic rings. The number of likely N-dealkylation sites (tertiary alicyclic amines) is 1. The number of carbonyl (C=O) groups is 2. The second-order valence-electron chi connectivity index (χ2n) is 8.61. The van der Waals surface area contributed by atoms with Crippen molar-refractivity contribution >= 4 is 17.6 Å². The Kier molecular flexibility index (Phi) is 6.98. The van der Waals surface area contributed by atoms with E-state index in [1.807, 2.05) is 50.7 Å². The number of aromatic nitrogens is 2. The summed E-state index contributed by atoms with van der Waals surface area (Å²) in [4.78, 5) is 39.5. The van der Waals surface area contributed by atoms with Crippen molar-refractivity contribution in [3.8, 4) is 0 Å². The number of carbonyl (C=O) groups excluding carboxylic acids is 2. The fourth-order valence-corrected chi connectivity index (χ4v) is 3.26. The first kappa shape index (κ1) is 22.1. The molecule has 0 saturated carbocycles. The third-order valence-corrected chi connectivity index (χ3v) is 4.80. The first-order valence-electron chi connectivity index (χ1n) is 9.60. The van der Waals surface area contributed by atoms with Gasteiger partial charge in [0.2, 0.25) is 11.8 Å². The molecule has 0 bridgehead atoms. The summed E-state index contributed by atoms with van der Waals surface area (Å²) in [5.74, 6) is 1.54. The number of methoxy groups -OCH3 is 1. The van der Waals surface area contributed by atoms with Crippen LogP contribution >= 0.6 is 0 Å². The normalized spacial score (nSPS) is 17.2. The fourth-order valence-electron chi connectivity index (χ4n) is 3.26. The second-order valence-corrected chi connectivity index (χ2v) is 8.61. The maximum Gasteiger partial charge on any atom is 0.228 e. The lowest BCUT2D eigenvalue weighted by atomic mass is 9.95. The van der Waals surface area contributed by atoms with E-state index in [9.17, 15) is 9.59 Å². The fraction of sp³-hybridized carbons (Fsp3) is 0.700. The van der Waals surface area contributed by atoms with Gasteiger partial charge in [0, 0.05) is 65.2 Å². The Labute approximate surface area is 167 Å². The van der Waals surface area contributed by atoms with Crippen LogP contribution in [0.4, 0.5) is 5.82 Å². The maximum absolute atomic E-state index is 12.5. The van der Waals surface area contributed by atoms with Crippen LogP contribution in [0.2, 0.25) is 0 Å². The van der Waals surface area contributed by atoms with Crippen LogP contribution in [0.15, 0.2) is 6.07 Å². The summed E-state index contributed by atoms with van der Waals surface area (Å²) in [7, 11) is 7.24. The van der Waals surface area contributed by atoms with Crippen LogP contribution in [0, 0.1) is 5.41 Å². The van der Waals surface area contributed by atoms with Crippen molar-refractivity contribution in [3.05, 3.63) is 17.6 Å². The van der Waals surface area contributed by atoms with Crippen molar-refractivity contribution < 1.29 is 14.3 Å². The zero-order valence-electron chi connectivity index (χ0n) is 18.2. The third-order valence-electron chi connectivity index (χ3n) is 4.80. The Morgan fingerprint density at radius 2 is 1.96 bits per heavy atom. The van der Waals surface area contributed by atoms with Gasteiger partial charge in [0.25, 0.3) is 0 Å². The van der Waals surface area contributed by atoms with Crippen LogP contribution in [-0.4, -0.2) is 79.5 Å². The van der Waals surface area contributed by atoms with Gasteiger partial charge in [0.15, 0.2) is 0 Å². The molecule has 1 aromatic heterocycles. The number of amides is 2. The van der Waals surface area contributed by atoms with Crippen molar-refractivity contribution in [2.75, 3.05) is 52.8 Å². The highest BCUT2D eigenvalue weighted by Gasteiger charge is 2.32. The van der Waals surface area contributed by atoms with Crippen molar-refractivity contribution in [2.24, 2.45) is 5.41 Å². The summed E-state index contributed by atoms with van der Waals surface area (Å²) < 4.78 is 5.09. The average molecular weight is 392 g/mol. The molecule has 0 radical (unpaired) electrons. The molecule has 0 N–H and O–H groups in total. The SMILES string of the molecule is COCCN1C[C@@H](c2cc(N(C)C)nc(CN(C)C(=O)C(C)(C)C)n2)CC1=O. The van der Waals surface area contributed by atoms with Gasteiger partial charge in [0.1, 0.15) is 11.6 Å². The van der Waals surface area contributed by atoms with Gasteiger partial charge >= 0.3 is 0 Å². The molecule has 1 aliphatic rings. The summed E-state index contributed by atoms with van der Waals surface area (Å²) in [6, 6.07) is 1.94. The number of hydrogen-bond donors (Lipinski definition) is 0. The summed E-state index contributed by atoms with van der Waals surface area (Å²) in [5, 5.41) is 0. The molecule has 1 fully saturated rings. The van der Waals surface area contributed by atoms with Gasteiger partial charge in [-0.05, 0) is 0 Å². The van der Waals surface area contributed by atoms with Crippen LogP contribution in [0.1, 0.15) is 44.6 Å². The smallest absolute Gasteiger partial charge is 0.228 e. The van der Waals surface area contributed by atoms with Gasteiger partial charge in [-0.25, -0.2) is 9.97 Å². The minimum Gasteiger partial charge on any atom is -0.383 e. The Morgan fingerprint density at radius 3 is 2.54 bits per heavy atom. The largest absolute Gasteiger partial charge is 0.383 e. The number of hydrogen-bond acceptors (Lipinski definition) is 6. The highest BCUT2D eigenvalue weighted by molar-refractivity contribution is 5.81. The lowest BCUT2D eigenvalue weighted by Crippen LogP contribution is -2.36. The highest BCUT2D eigenvalue weighted by atomic mass is 16.5. The van der Waals surface area contributed by atoms with E-state index in [1.54, 1.807) is 19.1 Å². The second kappa shape index (κ2) is 8.86. The zero-order valence-corrected chi connectivity index (χ0v) is 18.2. The monoisotopic (exact) mass is 391 g/mol. The molecule has 2 heterocycles. The molecule has 2 rings (SSSR count). The summed E-state index contributed by atoms with van der Waals surface area (Å²) in [6.45, 7) is 7.76. The Hall–Kier alpha value is -2.22. The summed E-state index contributed by atoms with van der Waals surface area (Å²) in [5.41, 5.74) is 0.384. The van der Waals surface area contributed by atoms with E-state index in [4.69, 9.17) is 9.72 Å². The van der Waals surface area contributed by atoms with Gasteiger partial charge < -0.3 is 19.4 Å². The summed E-state index contributed by atoms with van der Waals surface area (Å²) >= 11 is 0. The Bertz CT molecular complexity index is 714. The van der Waals surface area contributed by atoms with Gasteiger partial charge in [-0.1, -0.05) is 20.8 Å². The standard InChI is InChI=1S/C20H33N5O3/c1-20(2,3)19(27)24(6)13-16-21-15(11-17(22-16)23(4)5)14-10-18(26)25(12-14)8-9-28-7/h11,14H,8-10,12-13H2,1-7H3/t14-/m0/s1. The lowest BCUT2D eigenvalue weighted by molar-refractivity contribution is -0.138. The van der Waals surface area contributed by atoms with Crippen LogP contribution in [-0.2, 0) is 20.9 Å². The molecule has 8 heteroatoms. The van der Waals surface area contributed by atoms with Crippen molar-refractivity contribution in [1.29, 1.82) is 0 Å². The maximum atomic E-state index is 12.5. The lowest BCUT2D eigenvalue weighted by Gasteiger charge is -2.26. The zero-order chi connectivity index (χ0) is 21.1. The number of anilines is 1. The van der Waals surface area contributed by atoms with Crippen LogP contribution in [0.3, 0.4) is 0 Å². The van der Waals surface area contributed by atoms with Gasteiger partial charge in [-0.15, -0.1) is 0 Å². The predicted molar refractivity (Wildman–Crippen MR) is 108 cm³/mol. The molecule has 2 amide bonds. The van der Waals surface area contributed by atoms with E-state index < -0.39 is 5.41 Å². The van der Waals surface area contributed by atoms with Crippen molar-refractivity contribution in [1.82, 2.24) is 19.8 Å². The number of rotatable bonds is 7. The number of ether oxygens (including phenoxy) is 1. The first-order valence-corrected chi connectivity index (χ1v) is 9.60. The van der Waals surface area contributed by atoms with E-state index in [1.165, 1.54) is 0 Å². The Morgan fingerprint density at radius 1 is 1.29 bits per heavy atom. The molecule has 8 nitrogen and oxygen atoms in total. The van der Waals surface area contributed by atoms with Gasteiger partial charge in [-0.2, -0.15) is 0 Å². The van der Waals surface area contributed by atoms with E-state index in [0.717, 1.165) is 11.5 Å². The number of nitrogens with zero attached hydrogens (tertiary/aromatic N) is 5. The third kappa shape index (κ3) is 5.41. The van der Waals surface area contributed by atoms with Crippen LogP contribution in [0.25, 0.3) is 0 Å². The molecular weight excluding hydrogens is 358 g/mol. The molecule has 1 atom stereocenters. The molecule has 1 saturated heterocycles. The van der Waals surface area contributed by atoms with Crippen LogP contribution in [0.5, 0.6) is 0 Å². The van der Waals surface area contributed by atoms with Crippen LogP contribution < -0.4 is 4.90 Å². The minimum absolute atomic E-state index is 0.0217. The molecule has 0 unspecified atom stereocenters. The molecule has 1 aliphatic heterocycles. The van der Waals surface area contributed by atoms with E-state index in [2.05, 4.69) is 4.98 Å². The predicted octanol–water partition coefficient (Wildman–Crippen LogP) is 1.51. The summed E-state index contributed by atoms with van der Waals surface area (Å²) in [6.07, 6.45) is 0.434. The highest BCUT2D eigenvalue weighted by Crippen LogP contribution is 2.29. The Balaban J connectivity index is 2.24. The molecule has 28 heavy (non-hydrogen) atoms. The van der Waals surface area contributed by atoms with E-state index >= 15 is 0 Å². The van der Waals surface area contributed by atoms with Crippen molar-refractivity contribution in [2.45, 2.75) is 39.7 Å². The average Bonchev–Trinajstić information content (AvgIpc) is 2.98. The van der Waals surface area contributed by atoms with Crippen molar-refractivity contribution in [3.63, 3.8) is 0 Å². The molecule has 0 aromatic carbocycles. The van der Waals surface area contributed by atoms with Gasteiger partial charge in [-0.3, -0.25) is 9.59 Å². The topological polar surface area (TPSA) is 78.9 Å². The first-order chi connectivity index (χ1) is 13.0. The molecule has 0 spiro atoms. The van der Waals surface area contributed by atoms with E-state index in [-0.39, 0.29) is 17.7 Å². The molecular formula is C20H33N5O3.